The standard InChI is InChI=1S/C57H88O29/c1-20-39(81-45-35(68)30(63)24(59)17-77-45)40(82-46-36(69)31(64)25(60)18-78-46)38(71)48(80-20)84-42-32(65)26(61)19-79-49(42)86-51(76)57-13-12-52(2,3)14-22(57)21-8-9-27-53(4)15-23(58)43(85-47-37(70)33(66)34(67)41(83-47)44(72)73)56(7,50(74)75)28(53)10-11-54(27,5)55(21,6)16-29(57)62/h8,20,22-43,45-49,58-71H,9-19H2,1-7H3,(H,72,73)(H,74,75)/t20-,22-,23-,24+,25-,26-,27+,28+,29+,30-,31-,32-,33-,34-,35+,36+,37+,38+,39-,40-,41-,42+,43-,45-,46-,47-,48-,49-,53+,54+,55+,56-,57+/m0/s1. The zero-order valence-electron chi connectivity index (χ0n) is 49.0. The molecule has 0 aromatic carbocycles. The zero-order chi connectivity index (χ0) is 63.0. The van der Waals surface area contributed by atoms with Crippen LogP contribution in [-0.2, 0) is 61.8 Å². The Bertz CT molecular complexity index is 2520. The van der Waals surface area contributed by atoms with Crippen molar-refractivity contribution in [2.24, 2.45) is 50.2 Å². The van der Waals surface area contributed by atoms with Gasteiger partial charge in [-0.3, -0.25) is 9.59 Å². The Hall–Kier alpha value is -2.77. The van der Waals surface area contributed by atoms with Crippen molar-refractivity contribution >= 4 is 17.9 Å². The summed E-state index contributed by atoms with van der Waals surface area (Å²) in [4.78, 5) is 41.3. The van der Waals surface area contributed by atoms with Gasteiger partial charge in [-0.1, -0.05) is 46.3 Å². The SMILES string of the molecule is C[C@@H]1O[C@@H](O[C@H]2[C@H](OC(=O)[C@]34CCC(C)(C)C[C@H]3C3=CC[C@@H]5[C@@]6(C)C[C@H](O)[C@H](O[C@@H]7O[C@H](C(=O)O)[C@@H](O)[C@H](O)[C@H]7O)[C@@](C)(C(=O)O)[C@@H]6CC[C@@]5(C)[C@]3(C)C[C@H]4O)OC[C@H](O)[C@@H]2O)[C@H](O)[C@H](O[C@@H]2OC[C@H](O)[C@H](O)[C@H]2O)[C@H]1O[C@@H]1OC[C@@H](O)[C@H](O)[C@H]1O. The Balaban J connectivity index is 0.920. The van der Waals surface area contributed by atoms with Gasteiger partial charge in [0.25, 0.3) is 0 Å². The number of allylic oxidation sites excluding steroid dienone is 2. The van der Waals surface area contributed by atoms with Crippen molar-refractivity contribution < 1.29 is 143 Å². The molecule has 9 fully saturated rings. The molecule has 33 atom stereocenters. The number of fused-ring (bicyclic) bond motifs is 7. The Morgan fingerprint density at radius 1 is 0.535 bits per heavy atom. The molecule has 29 nitrogen and oxygen atoms in total. The summed E-state index contributed by atoms with van der Waals surface area (Å²) in [6.45, 7) is 11.4. The number of rotatable bonds is 12. The summed E-state index contributed by atoms with van der Waals surface area (Å²) in [6, 6.07) is 0. The molecule has 5 saturated heterocycles. The van der Waals surface area contributed by atoms with Crippen molar-refractivity contribution in [2.75, 3.05) is 19.8 Å². The maximum Gasteiger partial charge on any atom is 0.335 e. The van der Waals surface area contributed by atoms with Gasteiger partial charge in [-0.25, -0.2) is 4.79 Å². The van der Waals surface area contributed by atoms with Crippen LogP contribution in [0.2, 0.25) is 0 Å². The van der Waals surface area contributed by atoms with Gasteiger partial charge in [-0.05, 0) is 105 Å². The van der Waals surface area contributed by atoms with Gasteiger partial charge in [0, 0.05) is 0 Å². The highest BCUT2D eigenvalue weighted by Crippen LogP contribution is 2.76. The van der Waals surface area contributed by atoms with Crippen molar-refractivity contribution in [3.63, 3.8) is 0 Å². The Morgan fingerprint density at radius 3 is 1.67 bits per heavy atom. The van der Waals surface area contributed by atoms with Gasteiger partial charge < -0.3 is 129 Å². The van der Waals surface area contributed by atoms with E-state index >= 15 is 4.79 Å². The summed E-state index contributed by atoms with van der Waals surface area (Å²) >= 11 is 0. The predicted molar refractivity (Wildman–Crippen MR) is 281 cm³/mol. The van der Waals surface area contributed by atoms with Crippen LogP contribution in [0.3, 0.4) is 0 Å². The van der Waals surface area contributed by atoms with Crippen LogP contribution in [0.15, 0.2) is 11.6 Å². The van der Waals surface area contributed by atoms with Gasteiger partial charge in [0.1, 0.15) is 97.0 Å². The molecule has 10 aliphatic rings. The smallest absolute Gasteiger partial charge is 0.335 e. The molecule has 16 N–H and O–H groups in total. The van der Waals surface area contributed by atoms with E-state index in [1.807, 2.05) is 13.8 Å². The van der Waals surface area contributed by atoms with Crippen molar-refractivity contribution in [1.82, 2.24) is 0 Å². The first-order chi connectivity index (χ1) is 40.1. The van der Waals surface area contributed by atoms with E-state index in [0.717, 1.165) is 5.57 Å². The van der Waals surface area contributed by atoms with Crippen molar-refractivity contribution in [3.8, 4) is 0 Å². The first kappa shape index (κ1) is 66.2. The van der Waals surface area contributed by atoms with Gasteiger partial charge in [0.2, 0.25) is 6.29 Å². The second-order valence-corrected chi connectivity index (χ2v) is 27.8. The van der Waals surface area contributed by atoms with Crippen LogP contribution in [0.5, 0.6) is 0 Å². The summed E-state index contributed by atoms with van der Waals surface area (Å²) in [7, 11) is 0. The van der Waals surface area contributed by atoms with Crippen LogP contribution >= 0.6 is 0 Å². The molecule has 5 heterocycles. The topological polar surface area (TPSA) is 467 Å². The number of ether oxygens (including phenoxy) is 10. The molecular formula is C57H88O29. The number of carbonyl (C=O) groups is 3. The van der Waals surface area contributed by atoms with E-state index in [9.17, 15) is 91.3 Å². The maximum atomic E-state index is 15.6. The van der Waals surface area contributed by atoms with Gasteiger partial charge in [-0.2, -0.15) is 0 Å². The third-order valence-electron chi connectivity index (χ3n) is 22.4. The number of carboxylic acids is 2. The maximum absolute atomic E-state index is 15.6. The van der Waals surface area contributed by atoms with E-state index in [1.165, 1.54) is 13.8 Å². The Morgan fingerprint density at radius 2 is 1.08 bits per heavy atom. The minimum Gasteiger partial charge on any atom is -0.481 e. The lowest BCUT2D eigenvalue weighted by Crippen LogP contribution is -2.71. The summed E-state index contributed by atoms with van der Waals surface area (Å²) in [5.74, 6) is -5.73. The monoisotopic (exact) mass is 1240 g/mol. The number of aliphatic hydroxyl groups is 14. The van der Waals surface area contributed by atoms with E-state index in [2.05, 4.69) is 26.8 Å². The lowest BCUT2D eigenvalue weighted by Gasteiger charge is -2.71. The number of aliphatic hydroxyl groups excluding tert-OH is 14. The molecule has 5 aliphatic carbocycles. The summed E-state index contributed by atoms with van der Waals surface area (Å²) in [6.07, 6.45) is -40.0. The first-order valence-electron chi connectivity index (χ1n) is 29.8. The quantitative estimate of drug-likeness (QED) is 0.0501. The second-order valence-electron chi connectivity index (χ2n) is 27.8. The van der Waals surface area contributed by atoms with Crippen molar-refractivity contribution in [1.29, 1.82) is 0 Å². The van der Waals surface area contributed by atoms with E-state index in [4.69, 9.17) is 47.4 Å². The summed E-state index contributed by atoms with van der Waals surface area (Å²) in [5, 5.41) is 176. The number of aliphatic carboxylic acids is 2. The molecule has 0 unspecified atom stereocenters. The van der Waals surface area contributed by atoms with Crippen LogP contribution in [0, 0.1) is 50.2 Å². The normalized spacial score (nSPS) is 54.6. The fourth-order valence-electron chi connectivity index (χ4n) is 17.2. The van der Waals surface area contributed by atoms with Gasteiger partial charge in [0.05, 0.1) is 43.5 Å². The highest BCUT2D eigenvalue weighted by molar-refractivity contribution is 5.80. The lowest BCUT2D eigenvalue weighted by molar-refractivity contribution is -0.388. The fourth-order valence-corrected chi connectivity index (χ4v) is 17.2. The average molecular weight is 1240 g/mol. The number of carboxylic acid groups (broad SMARTS) is 2. The molecule has 0 aromatic heterocycles. The van der Waals surface area contributed by atoms with Gasteiger partial charge in [0.15, 0.2) is 37.4 Å². The average Bonchev–Trinajstić information content (AvgIpc) is 0.673. The number of carbonyl (C=O) groups excluding carboxylic acids is 1. The molecule has 0 bridgehead atoms. The molecule has 29 heteroatoms. The van der Waals surface area contributed by atoms with Crippen LogP contribution in [0.1, 0.15) is 99.8 Å². The van der Waals surface area contributed by atoms with Crippen LogP contribution < -0.4 is 0 Å². The fraction of sp³-hybridized carbons (Fsp3) is 0.912. The molecule has 10 rings (SSSR count). The van der Waals surface area contributed by atoms with E-state index in [1.54, 1.807) is 0 Å². The molecule has 0 radical (unpaired) electrons. The molecule has 490 valence electrons. The Kier molecular flexibility index (Phi) is 18.3. The molecule has 0 amide bonds. The van der Waals surface area contributed by atoms with Crippen LogP contribution in [0.4, 0.5) is 0 Å². The molecule has 5 aliphatic heterocycles. The second kappa shape index (κ2) is 23.7. The molecule has 4 saturated carbocycles. The van der Waals surface area contributed by atoms with Gasteiger partial charge in [-0.15, -0.1) is 0 Å². The minimum absolute atomic E-state index is 0.00813. The van der Waals surface area contributed by atoms with Gasteiger partial charge >= 0.3 is 17.9 Å². The largest absolute Gasteiger partial charge is 0.481 e. The van der Waals surface area contributed by atoms with Crippen molar-refractivity contribution in [2.45, 2.75) is 253 Å². The summed E-state index contributed by atoms with van der Waals surface area (Å²) < 4.78 is 59.0. The molecular weight excluding hydrogens is 1150 g/mol. The predicted octanol–water partition coefficient (Wildman–Crippen LogP) is -4.17. The Labute approximate surface area is 495 Å². The number of hydrogen-bond acceptors (Lipinski definition) is 27. The molecule has 0 aromatic rings. The van der Waals surface area contributed by atoms with Crippen molar-refractivity contribution in [3.05, 3.63) is 11.6 Å². The van der Waals surface area contributed by atoms with Crippen LogP contribution in [-0.4, -0.2) is 273 Å². The zero-order valence-corrected chi connectivity index (χ0v) is 49.0. The van der Waals surface area contributed by atoms with E-state index in [0.29, 0.717) is 25.7 Å². The molecule has 0 spiro atoms. The highest BCUT2D eigenvalue weighted by atomic mass is 16.8. The summed E-state index contributed by atoms with van der Waals surface area (Å²) in [5.41, 5.74) is -5.68. The number of esters is 1. The van der Waals surface area contributed by atoms with E-state index in [-0.39, 0.29) is 31.6 Å². The minimum atomic E-state index is -2.05. The first-order valence-corrected chi connectivity index (χ1v) is 29.8. The molecule has 86 heavy (non-hydrogen) atoms. The van der Waals surface area contributed by atoms with E-state index < -0.39 is 236 Å². The van der Waals surface area contributed by atoms with Crippen LogP contribution in [0.25, 0.3) is 0 Å². The third kappa shape index (κ3) is 10.6. The highest BCUT2D eigenvalue weighted by Gasteiger charge is 2.74. The lowest BCUT2D eigenvalue weighted by atomic mass is 9.33. The number of hydrogen-bond donors (Lipinski definition) is 16. The third-order valence-corrected chi connectivity index (χ3v) is 22.4.